The molecule has 0 N–H and O–H groups in total. The van der Waals surface area contributed by atoms with Gasteiger partial charge in [0.15, 0.2) is 0 Å². The Hall–Kier alpha value is -0.0400. The highest BCUT2D eigenvalue weighted by Gasteiger charge is 1.99. The van der Waals surface area contributed by atoms with Crippen LogP contribution >= 0.6 is 0 Å². The molecule has 0 bridgehead atoms. The van der Waals surface area contributed by atoms with Crippen molar-refractivity contribution >= 4 is 0 Å². The minimum atomic E-state index is 1.31. The van der Waals surface area contributed by atoms with E-state index in [1.807, 2.05) is 0 Å². The summed E-state index contributed by atoms with van der Waals surface area (Å²) in [6, 6.07) is 0. The number of nitrogens with zero attached hydrogens (tertiary/aromatic N) is 1. The van der Waals surface area contributed by atoms with Crippen LogP contribution in [0.1, 0.15) is 162 Å². The van der Waals surface area contributed by atoms with Gasteiger partial charge in [-0.05, 0) is 33.0 Å². The van der Waals surface area contributed by atoms with Crippen LogP contribution in [0.3, 0.4) is 0 Å². The first kappa shape index (κ1) is 29.0. The monoisotopic (exact) mass is 409 g/mol. The van der Waals surface area contributed by atoms with Crippen LogP contribution < -0.4 is 0 Å². The number of unbranched alkanes of at least 4 members (excludes halogenated alkanes) is 21. The molecule has 0 unspecified atom stereocenters. The minimum absolute atomic E-state index is 1.31. The molecule has 1 heteroatoms. The zero-order chi connectivity index (χ0) is 21.3. The van der Waals surface area contributed by atoms with Crippen molar-refractivity contribution in [1.29, 1.82) is 0 Å². The maximum Gasteiger partial charge on any atom is -0.00218 e. The van der Waals surface area contributed by atoms with Crippen molar-refractivity contribution in [2.75, 3.05) is 20.1 Å². The average molecular weight is 410 g/mol. The first-order chi connectivity index (χ1) is 14.3. The zero-order valence-electron chi connectivity index (χ0n) is 21.1. The SMILES string of the molecule is CCCCCCCCCCCCCCN(C)CCCCCCCCCCCCC. The van der Waals surface area contributed by atoms with E-state index in [2.05, 4.69) is 25.8 Å². The summed E-state index contributed by atoms with van der Waals surface area (Å²) in [5.41, 5.74) is 0. The first-order valence-electron chi connectivity index (χ1n) is 14.0. The van der Waals surface area contributed by atoms with Crippen LogP contribution in [0.2, 0.25) is 0 Å². The molecule has 0 heterocycles. The summed E-state index contributed by atoms with van der Waals surface area (Å²) >= 11 is 0. The highest BCUT2D eigenvalue weighted by Crippen LogP contribution is 2.13. The van der Waals surface area contributed by atoms with Gasteiger partial charge in [-0.2, -0.15) is 0 Å². The highest BCUT2D eigenvalue weighted by atomic mass is 15.1. The van der Waals surface area contributed by atoms with Gasteiger partial charge in [0.05, 0.1) is 0 Å². The van der Waals surface area contributed by atoms with Crippen LogP contribution in [0.15, 0.2) is 0 Å². The Morgan fingerprint density at radius 1 is 0.310 bits per heavy atom. The van der Waals surface area contributed by atoms with Crippen LogP contribution in [0.5, 0.6) is 0 Å². The Bertz CT molecular complexity index is 275. The van der Waals surface area contributed by atoms with Crippen molar-refractivity contribution in [1.82, 2.24) is 4.90 Å². The average Bonchev–Trinajstić information content (AvgIpc) is 2.72. The molecule has 0 amide bonds. The Balaban J connectivity index is 3.12. The Morgan fingerprint density at radius 2 is 0.517 bits per heavy atom. The molecule has 0 atom stereocenters. The van der Waals surface area contributed by atoms with Crippen LogP contribution in [0.4, 0.5) is 0 Å². The second-order valence-electron chi connectivity index (χ2n) is 9.73. The van der Waals surface area contributed by atoms with Gasteiger partial charge in [0, 0.05) is 0 Å². The van der Waals surface area contributed by atoms with Gasteiger partial charge in [-0.1, -0.05) is 149 Å². The summed E-state index contributed by atoms with van der Waals surface area (Å²) in [5.74, 6) is 0. The van der Waals surface area contributed by atoms with Gasteiger partial charge >= 0.3 is 0 Å². The van der Waals surface area contributed by atoms with Crippen LogP contribution in [0, 0.1) is 0 Å². The van der Waals surface area contributed by atoms with E-state index >= 15 is 0 Å². The normalized spacial score (nSPS) is 11.6. The third-order valence-corrected chi connectivity index (χ3v) is 6.54. The molecule has 176 valence electrons. The predicted octanol–water partition coefficient (Wildman–Crippen LogP) is 9.93. The Morgan fingerprint density at radius 3 is 0.759 bits per heavy atom. The fraction of sp³-hybridized carbons (Fsp3) is 1.00. The molecule has 0 spiro atoms. The largest absolute Gasteiger partial charge is 0.306 e. The van der Waals surface area contributed by atoms with Gasteiger partial charge in [0.2, 0.25) is 0 Å². The maximum atomic E-state index is 2.57. The van der Waals surface area contributed by atoms with Crippen molar-refractivity contribution in [3.05, 3.63) is 0 Å². The molecule has 0 saturated carbocycles. The fourth-order valence-electron chi connectivity index (χ4n) is 4.38. The molecular formula is C28H59N. The summed E-state index contributed by atoms with van der Waals surface area (Å²) in [4.78, 5) is 2.57. The van der Waals surface area contributed by atoms with Gasteiger partial charge in [0.1, 0.15) is 0 Å². The summed E-state index contributed by atoms with van der Waals surface area (Å²) < 4.78 is 0. The van der Waals surface area contributed by atoms with Crippen molar-refractivity contribution in [2.24, 2.45) is 0 Å². The lowest BCUT2D eigenvalue weighted by Gasteiger charge is -2.16. The molecule has 0 aliphatic carbocycles. The summed E-state index contributed by atoms with van der Waals surface area (Å²) in [6.07, 6.45) is 33.4. The van der Waals surface area contributed by atoms with Gasteiger partial charge in [-0.15, -0.1) is 0 Å². The molecule has 0 aliphatic rings. The van der Waals surface area contributed by atoms with Gasteiger partial charge in [0.25, 0.3) is 0 Å². The molecule has 0 aromatic rings. The van der Waals surface area contributed by atoms with Crippen LogP contribution in [-0.4, -0.2) is 25.0 Å². The molecule has 0 fully saturated rings. The highest BCUT2D eigenvalue weighted by molar-refractivity contribution is 4.55. The lowest BCUT2D eigenvalue weighted by Crippen LogP contribution is -2.20. The third kappa shape index (κ3) is 25.9. The van der Waals surface area contributed by atoms with E-state index in [-0.39, 0.29) is 0 Å². The molecule has 0 radical (unpaired) electrons. The van der Waals surface area contributed by atoms with E-state index in [0.29, 0.717) is 0 Å². The summed E-state index contributed by atoms with van der Waals surface area (Å²) in [5, 5.41) is 0. The predicted molar refractivity (Wildman–Crippen MR) is 135 cm³/mol. The Kier molecular flexibility index (Phi) is 26.0. The maximum absolute atomic E-state index is 2.57. The standard InChI is InChI=1S/C28H59N/c1-4-6-8-10-12-14-16-18-20-22-24-26-28-29(3)27-25-23-21-19-17-15-13-11-9-7-5-2/h4-28H2,1-3H3. The minimum Gasteiger partial charge on any atom is -0.306 e. The van der Waals surface area contributed by atoms with E-state index in [4.69, 9.17) is 0 Å². The molecule has 29 heavy (non-hydrogen) atoms. The molecule has 0 aliphatic heterocycles. The molecular weight excluding hydrogens is 350 g/mol. The number of hydrogen-bond donors (Lipinski definition) is 0. The summed E-state index contributed by atoms with van der Waals surface area (Å²) in [6.45, 7) is 7.23. The van der Waals surface area contributed by atoms with E-state index in [1.165, 1.54) is 161 Å². The quantitative estimate of drug-likeness (QED) is 0.136. The van der Waals surface area contributed by atoms with Gasteiger partial charge in [-0.3, -0.25) is 0 Å². The van der Waals surface area contributed by atoms with E-state index < -0.39 is 0 Å². The van der Waals surface area contributed by atoms with Gasteiger partial charge in [-0.25, -0.2) is 0 Å². The topological polar surface area (TPSA) is 3.24 Å². The lowest BCUT2D eigenvalue weighted by atomic mass is 10.1. The molecule has 0 rings (SSSR count). The van der Waals surface area contributed by atoms with Crippen molar-refractivity contribution in [3.63, 3.8) is 0 Å². The fourth-order valence-corrected chi connectivity index (χ4v) is 4.38. The lowest BCUT2D eigenvalue weighted by molar-refractivity contribution is 0.314. The number of rotatable bonds is 25. The van der Waals surface area contributed by atoms with E-state index in [1.54, 1.807) is 0 Å². The zero-order valence-corrected chi connectivity index (χ0v) is 21.1. The van der Waals surface area contributed by atoms with Crippen LogP contribution in [-0.2, 0) is 0 Å². The van der Waals surface area contributed by atoms with Crippen molar-refractivity contribution in [2.45, 2.75) is 162 Å². The number of hydrogen-bond acceptors (Lipinski definition) is 1. The van der Waals surface area contributed by atoms with E-state index in [9.17, 15) is 0 Å². The van der Waals surface area contributed by atoms with Gasteiger partial charge < -0.3 is 4.90 Å². The van der Waals surface area contributed by atoms with E-state index in [0.717, 1.165) is 0 Å². The first-order valence-corrected chi connectivity index (χ1v) is 14.0. The van der Waals surface area contributed by atoms with Crippen molar-refractivity contribution in [3.8, 4) is 0 Å². The molecule has 0 aromatic carbocycles. The molecule has 1 nitrogen and oxygen atoms in total. The molecule has 0 aromatic heterocycles. The third-order valence-electron chi connectivity index (χ3n) is 6.54. The smallest absolute Gasteiger partial charge is 0.00218 e. The Labute approximate surface area is 186 Å². The molecule has 0 saturated heterocycles. The van der Waals surface area contributed by atoms with Crippen LogP contribution in [0.25, 0.3) is 0 Å². The van der Waals surface area contributed by atoms with Crippen molar-refractivity contribution < 1.29 is 0 Å². The second-order valence-corrected chi connectivity index (χ2v) is 9.73. The second kappa shape index (κ2) is 26.0. The summed E-state index contributed by atoms with van der Waals surface area (Å²) in [7, 11) is 2.33.